The third-order valence-corrected chi connectivity index (χ3v) is 6.14. The fraction of sp³-hybridized carbons (Fsp3) is 1.00. The van der Waals surface area contributed by atoms with Crippen LogP contribution < -0.4 is 0 Å². The summed E-state index contributed by atoms with van der Waals surface area (Å²) in [6.45, 7) is 2.13. The summed E-state index contributed by atoms with van der Waals surface area (Å²) in [5, 5.41) is 21.0. The molecule has 4 aliphatic heterocycles. The van der Waals surface area contributed by atoms with Gasteiger partial charge in [0.2, 0.25) is 0 Å². The molecule has 4 aliphatic rings. The number of fused-ring (bicyclic) bond motifs is 6. The molecule has 0 amide bonds. The number of hydrogen-bond acceptors (Lipinski definition) is 4. The van der Waals surface area contributed by atoms with E-state index in [1.165, 1.54) is 25.7 Å². The molecule has 19 heavy (non-hydrogen) atoms. The van der Waals surface area contributed by atoms with Gasteiger partial charge in [-0.05, 0) is 44.4 Å². The van der Waals surface area contributed by atoms with Gasteiger partial charge in [-0.1, -0.05) is 6.42 Å². The molecule has 4 unspecified atom stereocenters. The van der Waals surface area contributed by atoms with Crippen LogP contribution in [0.3, 0.4) is 0 Å². The van der Waals surface area contributed by atoms with E-state index in [0.29, 0.717) is 23.9 Å². The van der Waals surface area contributed by atoms with Gasteiger partial charge in [-0.15, -0.1) is 0 Å². The number of piperidine rings is 4. The van der Waals surface area contributed by atoms with Crippen molar-refractivity contribution in [1.29, 1.82) is 0 Å². The van der Waals surface area contributed by atoms with Crippen LogP contribution in [0.4, 0.5) is 0 Å². The highest BCUT2D eigenvalue weighted by atomic mass is 16.3. The van der Waals surface area contributed by atoms with E-state index in [-0.39, 0.29) is 12.5 Å². The maximum atomic E-state index is 10.8. The normalized spacial score (nSPS) is 51.5. The molecule has 4 heterocycles. The lowest BCUT2D eigenvalue weighted by Crippen LogP contribution is -2.68. The maximum Gasteiger partial charge on any atom is 0.112 e. The molecular formula is C15H26N2O2. The Kier molecular flexibility index (Phi) is 3.10. The van der Waals surface area contributed by atoms with Crippen molar-refractivity contribution in [3.63, 3.8) is 0 Å². The van der Waals surface area contributed by atoms with Gasteiger partial charge in [-0.2, -0.15) is 0 Å². The first kappa shape index (κ1) is 12.6. The Hall–Kier alpha value is -0.160. The molecule has 0 aromatic carbocycles. The standard InChI is InChI=1S/C15H26N2O2/c18-14-6-3-5-13-11-8-10(9-17(13)14)12-4-1-2-7-16(12)15(11)19/h10-15,18-19H,1-9H2/t10?,11?,12-,13+,14?,15?/m1/s1. The minimum absolute atomic E-state index is 0.258. The lowest BCUT2D eigenvalue weighted by atomic mass is 9.70. The molecule has 4 heteroatoms. The predicted molar refractivity (Wildman–Crippen MR) is 72.3 cm³/mol. The number of aliphatic hydroxyl groups excluding tert-OH is 2. The third-order valence-electron chi connectivity index (χ3n) is 6.14. The first-order chi connectivity index (χ1) is 9.25. The van der Waals surface area contributed by atoms with Gasteiger partial charge in [-0.3, -0.25) is 9.80 Å². The second kappa shape index (κ2) is 4.69. The summed E-state index contributed by atoms with van der Waals surface area (Å²) in [6.07, 6.45) is 7.63. The SMILES string of the molecule is OC1C2CC(CN3C(O)CCC[C@@H]23)[C@H]2CCCCN12. The van der Waals surface area contributed by atoms with Crippen LogP contribution in [0, 0.1) is 11.8 Å². The van der Waals surface area contributed by atoms with Gasteiger partial charge in [0.05, 0.1) is 0 Å². The summed E-state index contributed by atoms with van der Waals surface area (Å²) >= 11 is 0. The van der Waals surface area contributed by atoms with Gasteiger partial charge < -0.3 is 10.2 Å². The van der Waals surface area contributed by atoms with Gasteiger partial charge in [-0.25, -0.2) is 0 Å². The van der Waals surface area contributed by atoms with Gasteiger partial charge in [0.25, 0.3) is 0 Å². The quantitative estimate of drug-likeness (QED) is 0.686. The molecule has 4 saturated heterocycles. The molecule has 6 atom stereocenters. The summed E-state index contributed by atoms with van der Waals surface area (Å²) < 4.78 is 0. The van der Waals surface area contributed by atoms with E-state index >= 15 is 0 Å². The summed E-state index contributed by atoms with van der Waals surface area (Å²) in [6, 6.07) is 0.980. The van der Waals surface area contributed by atoms with E-state index in [9.17, 15) is 10.2 Å². The Labute approximate surface area is 115 Å². The Morgan fingerprint density at radius 1 is 0.842 bits per heavy atom. The van der Waals surface area contributed by atoms with Crippen LogP contribution in [0.25, 0.3) is 0 Å². The highest BCUT2D eigenvalue weighted by molar-refractivity contribution is 5.03. The Bertz CT molecular complexity index is 351. The summed E-state index contributed by atoms with van der Waals surface area (Å²) in [5.41, 5.74) is 0. The van der Waals surface area contributed by atoms with Crippen molar-refractivity contribution in [3.8, 4) is 0 Å². The number of nitrogens with zero attached hydrogens (tertiary/aromatic N) is 2. The molecule has 108 valence electrons. The fourth-order valence-corrected chi connectivity index (χ4v) is 5.29. The molecule has 2 bridgehead atoms. The monoisotopic (exact) mass is 266 g/mol. The number of rotatable bonds is 0. The average molecular weight is 266 g/mol. The van der Waals surface area contributed by atoms with Crippen molar-refractivity contribution in [1.82, 2.24) is 9.80 Å². The zero-order valence-corrected chi connectivity index (χ0v) is 11.6. The van der Waals surface area contributed by atoms with Crippen molar-refractivity contribution in [2.75, 3.05) is 13.1 Å². The fourth-order valence-electron chi connectivity index (χ4n) is 5.29. The maximum absolute atomic E-state index is 10.8. The van der Waals surface area contributed by atoms with Crippen LogP contribution in [0.15, 0.2) is 0 Å². The summed E-state index contributed by atoms with van der Waals surface area (Å²) in [4.78, 5) is 4.71. The van der Waals surface area contributed by atoms with Crippen LogP contribution in [-0.4, -0.2) is 57.6 Å². The van der Waals surface area contributed by atoms with Crippen molar-refractivity contribution < 1.29 is 10.2 Å². The van der Waals surface area contributed by atoms with Gasteiger partial charge in [0.15, 0.2) is 0 Å². The van der Waals surface area contributed by atoms with E-state index in [1.54, 1.807) is 0 Å². The predicted octanol–water partition coefficient (Wildman–Crippen LogP) is 0.982. The molecule has 0 aromatic rings. The topological polar surface area (TPSA) is 46.9 Å². The lowest BCUT2D eigenvalue weighted by molar-refractivity contribution is -0.205. The molecule has 4 nitrogen and oxygen atoms in total. The van der Waals surface area contributed by atoms with E-state index < -0.39 is 0 Å². The molecule has 4 rings (SSSR count). The van der Waals surface area contributed by atoms with Crippen LogP contribution >= 0.6 is 0 Å². The molecule has 2 N–H and O–H groups in total. The zero-order chi connectivity index (χ0) is 13.0. The minimum Gasteiger partial charge on any atom is -0.378 e. The number of aliphatic hydroxyl groups is 2. The lowest BCUT2D eigenvalue weighted by Gasteiger charge is -2.59. The Morgan fingerprint density at radius 3 is 2.58 bits per heavy atom. The molecular weight excluding hydrogens is 240 g/mol. The highest BCUT2D eigenvalue weighted by Crippen LogP contribution is 2.45. The summed E-state index contributed by atoms with van der Waals surface area (Å²) in [5.74, 6) is 1.03. The second-order valence-corrected chi connectivity index (χ2v) is 7.05. The van der Waals surface area contributed by atoms with E-state index in [1.807, 2.05) is 0 Å². The van der Waals surface area contributed by atoms with E-state index in [0.717, 1.165) is 32.4 Å². The first-order valence-corrected chi connectivity index (χ1v) is 8.13. The summed E-state index contributed by atoms with van der Waals surface area (Å²) in [7, 11) is 0. The van der Waals surface area contributed by atoms with Crippen molar-refractivity contribution in [3.05, 3.63) is 0 Å². The molecule has 0 radical (unpaired) electrons. The van der Waals surface area contributed by atoms with Gasteiger partial charge in [0.1, 0.15) is 12.5 Å². The average Bonchev–Trinajstić information content (AvgIpc) is 2.45. The van der Waals surface area contributed by atoms with E-state index in [2.05, 4.69) is 9.80 Å². The highest BCUT2D eigenvalue weighted by Gasteiger charge is 2.52. The minimum atomic E-state index is -0.264. The first-order valence-electron chi connectivity index (χ1n) is 8.13. The molecule has 0 aromatic heterocycles. The van der Waals surface area contributed by atoms with Crippen LogP contribution in [0.1, 0.15) is 44.9 Å². The molecule has 0 aliphatic carbocycles. The van der Waals surface area contributed by atoms with Crippen LogP contribution in [-0.2, 0) is 0 Å². The van der Waals surface area contributed by atoms with E-state index in [4.69, 9.17) is 0 Å². The van der Waals surface area contributed by atoms with Gasteiger partial charge in [0, 0.05) is 31.1 Å². The molecule has 4 fully saturated rings. The second-order valence-electron chi connectivity index (χ2n) is 7.05. The molecule has 0 spiro atoms. The largest absolute Gasteiger partial charge is 0.378 e. The van der Waals surface area contributed by atoms with Crippen LogP contribution in [0.2, 0.25) is 0 Å². The van der Waals surface area contributed by atoms with Crippen molar-refractivity contribution in [2.45, 2.75) is 69.5 Å². The van der Waals surface area contributed by atoms with Gasteiger partial charge >= 0.3 is 0 Å². The third kappa shape index (κ3) is 1.88. The molecule has 0 saturated carbocycles. The zero-order valence-electron chi connectivity index (χ0n) is 11.6. The van der Waals surface area contributed by atoms with Crippen LogP contribution in [0.5, 0.6) is 0 Å². The number of hydrogen-bond donors (Lipinski definition) is 2. The van der Waals surface area contributed by atoms with Crippen molar-refractivity contribution in [2.24, 2.45) is 11.8 Å². The van der Waals surface area contributed by atoms with Crippen molar-refractivity contribution >= 4 is 0 Å². The Morgan fingerprint density at radius 2 is 1.68 bits per heavy atom. The Balaban J connectivity index is 1.63. The smallest absolute Gasteiger partial charge is 0.112 e.